The number of rotatable bonds is 3. The largest absolute Gasteiger partial charge is 0.481 e. The van der Waals surface area contributed by atoms with Crippen molar-refractivity contribution in [3.05, 3.63) is 21.8 Å². The monoisotopic (exact) mass is 271 g/mol. The van der Waals surface area contributed by atoms with Gasteiger partial charge in [-0.1, -0.05) is 18.5 Å². The molecule has 0 amide bonds. The quantitative estimate of drug-likeness (QED) is 0.793. The molecule has 0 atom stereocenters. The standard InChI is InChI=1S/C13H18ClNO3/c1-5-13(17-6-7-18-13)10-8(2)11(14)15-12(16-4)9(10)3/h5-7H2,1-4H3. The van der Waals surface area contributed by atoms with Crippen LogP contribution < -0.4 is 4.74 Å². The van der Waals surface area contributed by atoms with Crippen molar-refractivity contribution in [3.8, 4) is 5.88 Å². The van der Waals surface area contributed by atoms with E-state index in [-0.39, 0.29) is 0 Å². The topological polar surface area (TPSA) is 40.6 Å². The summed E-state index contributed by atoms with van der Waals surface area (Å²) < 4.78 is 16.9. The van der Waals surface area contributed by atoms with Gasteiger partial charge in [0.25, 0.3) is 0 Å². The minimum atomic E-state index is -0.714. The molecular formula is C13H18ClNO3. The molecule has 0 spiro atoms. The molecule has 100 valence electrons. The van der Waals surface area contributed by atoms with Crippen molar-refractivity contribution >= 4 is 11.6 Å². The van der Waals surface area contributed by atoms with E-state index in [9.17, 15) is 0 Å². The van der Waals surface area contributed by atoms with E-state index in [1.54, 1.807) is 7.11 Å². The lowest BCUT2D eigenvalue weighted by molar-refractivity contribution is -0.168. The highest BCUT2D eigenvalue weighted by Crippen LogP contribution is 2.42. The fourth-order valence-corrected chi connectivity index (χ4v) is 2.67. The van der Waals surface area contributed by atoms with Gasteiger partial charge < -0.3 is 14.2 Å². The maximum absolute atomic E-state index is 6.16. The first kappa shape index (κ1) is 13.6. The minimum Gasteiger partial charge on any atom is -0.481 e. The molecule has 0 unspecified atom stereocenters. The summed E-state index contributed by atoms with van der Waals surface area (Å²) >= 11 is 6.16. The molecule has 1 aromatic rings. The number of pyridine rings is 1. The Labute approximate surface area is 112 Å². The second-order valence-electron chi connectivity index (χ2n) is 4.34. The number of halogens is 1. The van der Waals surface area contributed by atoms with Crippen LogP contribution in [0.1, 0.15) is 30.0 Å². The smallest absolute Gasteiger partial charge is 0.217 e. The Bertz CT molecular complexity index is 456. The molecule has 0 N–H and O–H groups in total. The highest BCUT2D eigenvalue weighted by Gasteiger charge is 2.40. The van der Waals surface area contributed by atoms with Crippen LogP contribution in [0.15, 0.2) is 0 Å². The van der Waals surface area contributed by atoms with E-state index >= 15 is 0 Å². The molecular weight excluding hydrogens is 254 g/mol. The molecule has 0 aromatic carbocycles. The fraction of sp³-hybridized carbons (Fsp3) is 0.615. The third-order valence-electron chi connectivity index (χ3n) is 3.37. The first-order valence-electron chi connectivity index (χ1n) is 6.04. The van der Waals surface area contributed by atoms with Gasteiger partial charge in [-0.05, 0) is 19.4 Å². The summed E-state index contributed by atoms with van der Waals surface area (Å²) in [6.07, 6.45) is 0.720. The summed E-state index contributed by atoms with van der Waals surface area (Å²) in [5.41, 5.74) is 2.75. The Hall–Kier alpha value is -0.840. The first-order valence-corrected chi connectivity index (χ1v) is 6.42. The van der Waals surface area contributed by atoms with E-state index in [0.29, 0.717) is 24.2 Å². The zero-order chi connectivity index (χ0) is 13.3. The zero-order valence-corrected chi connectivity index (χ0v) is 11.9. The van der Waals surface area contributed by atoms with Gasteiger partial charge in [0.2, 0.25) is 5.88 Å². The van der Waals surface area contributed by atoms with Crippen LogP contribution >= 0.6 is 11.6 Å². The SMILES string of the molecule is CCC1(c2c(C)c(Cl)nc(OC)c2C)OCCO1. The van der Waals surface area contributed by atoms with E-state index in [0.717, 1.165) is 23.1 Å². The Morgan fingerprint density at radius 3 is 2.39 bits per heavy atom. The van der Waals surface area contributed by atoms with Gasteiger partial charge in [-0.25, -0.2) is 4.98 Å². The van der Waals surface area contributed by atoms with Crippen LogP contribution in [0.4, 0.5) is 0 Å². The second kappa shape index (κ2) is 5.03. The van der Waals surface area contributed by atoms with Crippen molar-refractivity contribution in [1.29, 1.82) is 0 Å². The van der Waals surface area contributed by atoms with E-state index in [2.05, 4.69) is 4.98 Å². The number of methoxy groups -OCH3 is 1. The maximum atomic E-state index is 6.16. The summed E-state index contributed by atoms with van der Waals surface area (Å²) in [5, 5.41) is 0.430. The number of ether oxygens (including phenoxy) is 3. The molecule has 0 radical (unpaired) electrons. The third kappa shape index (κ3) is 1.98. The molecule has 2 rings (SSSR count). The maximum Gasteiger partial charge on any atom is 0.217 e. The lowest BCUT2D eigenvalue weighted by atomic mass is 9.95. The van der Waals surface area contributed by atoms with Gasteiger partial charge in [-0.2, -0.15) is 0 Å². The van der Waals surface area contributed by atoms with Crippen LogP contribution in [0.3, 0.4) is 0 Å². The molecule has 2 heterocycles. The molecule has 1 aliphatic heterocycles. The molecule has 1 aromatic heterocycles. The predicted molar refractivity (Wildman–Crippen MR) is 69.1 cm³/mol. The van der Waals surface area contributed by atoms with E-state index in [1.165, 1.54) is 0 Å². The Balaban J connectivity index is 2.65. The minimum absolute atomic E-state index is 0.430. The van der Waals surface area contributed by atoms with Gasteiger partial charge in [-0.3, -0.25) is 0 Å². The highest BCUT2D eigenvalue weighted by atomic mass is 35.5. The summed E-state index contributed by atoms with van der Waals surface area (Å²) in [5.74, 6) is -0.193. The average molecular weight is 272 g/mol. The number of hydrogen-bond acceptors (Lipinski definition) is 4. The Morgan fingerprint density at radius 1 is 1.28 bits per heavy atom. The van der Waals surface area contributed by atoms with Crippen LogP contribution in [0, 0.1) is 13.8 Å². The third-order valence-corrected chi connectivity index (χ3v) is 3.74. The van der Waals surface area contributed by atoms with Crippen LogP contribution in [0.2, 0.25) is 5.15 Å². The number of nitrogens with zero attached hydrogens (tertiary/aromatic N) is 1. The number of hydrogen-bond donors (Lipinski definition) is 0. The van der Waals surface area contributed by atoms with E-state index in [4.69, 9.17) is 25.8 Å². The molecule has 5 heteroatoms. The molecule has 0 aliphatic carbocycles. The van der Waals surface area contributed by atoms with Crippen LogP contribution in [-0.2, 0) is 15.3 Å². The fourth-order valence-electron chi connectivity index (χ4n) is 2.50. The van der Waals surface area contributed by atoms with Gasteiger partial charge in [0.15, 0.2) is 5.79 Å². The van der Waals surface area contributed by atoms with Crippen LogP contribution in [-0.4, -0.2) is 25.3 Å². The van der Waals surface area contributed by atoms with Gasteiger partial charge in [0, 0.05) is 17.5 Å². The van der Waals surface area contributed by atoms with Crippen LogP contribution in [0.25, 0.3) is 0 Å². The summed E-state index contributed by atoms with van der Waals surface area (Å²) in [4.78, 5) is 4.22. The predicted octanol–water partition coefficient (Wildman–Crippen LogP) is 2.97. The lowest BCUT2D eigenvalue weighted by Crippen LogP contribution is -2.29. The Morgan fingerprint density at radius 2 is 1.89 bits per heavy atom. The summed E-state index contributed by atoms with van der Waals surface area (Å²) in [7, 11) is 1.58. The van der Waals surface area contributed by atoms with Crippen molar-refractivity contribution in [2.75, 3.05) is 20.3 Å². The Kier molecular flexibility index (Phi) is 3.80. The molecule has 4 nitrogen and oxygen atoms in total. The van der Waals surface area contributed by atoms with Crippen molar-refractivity contribution in [1.82, 2.24) is 4.98 Å². The zero-order valence-electron chi connectivity index (χ0n) is 11.2. The molecule has 1 aliphatic rings. The van der Waals surface area contributed by atoms with Crippen molar-refractivity contribution in [2.45, 2.75) is 33.0 Å². The molecule has 0 saturated carbocycles. The second-order valence-corrected chi connectivity index (χ2v) is 4.70. The van der Waals surface area contributed by atoms with Gasteiger partial charge in [0.1, 0.15) is 5.15 Å². The van der Waals surface area contributed by atoms with E-state index in [1.807, 2.05) is 20.8 Å². The highest BCUT2D eigenvalue weighted by molar-refractivity contribution is 6.30. The van der Waals surface area contributed by atoms with Crippen molar-refractivity contribution < 1.29 is 14.2 Å². The van der Waals surface area contributed by atoms with Gasteiger partial charge in [-0.15, -0.1) is 0 Å². The first-order chi connectivity index (χ1) is 8.55. The normalized spacial score (nSPS) is 18.1. The summed E-state index contributed by atoms with van der Waals surface area (Å²) in [6.45, 7) is 7.10. The average Bonchev–Trinajstić information content (AvgIpc) is 2.84. The molecule has 0 bridgehead atoms. The summed E-state index contributed by atoms with van der Waals surface area (Å²) in [6, 6.07) is 0. The molecule has 1 saturated heterocycles. The molecule has 1 fully saturated rings. The van der Waals surface area contributed by atoms with Crippen molar-refractivity contribution in [3.63, 3.8) is 0 Å². The van der Waals surface area contributed by atoms with Crippen LogP contribution in [0.5, 0.6) is 5.88 Å². The van der Waals surface area contributed by atoms with Gasteiger partial charge >= 0.3 is 0 Å². The lowest BCUT2D eigenvalue weighted by Gasteiger charge is -2.30. The molecule has 18 heavy (non-hydrogen) atoms. The van der Waals surface area contributed by atoms with Gasteiger partial charge in [0.05, 0.1) is 20.3 Å². The van der Waals surface area contributed by atoms with E-state index < -0.39 is 5.79 Å². The van der Waals surface area contributed by atoms with Crippen molar-refractivity contribution in [2.24, 2.45) is 0 Å². The number of aromatic nitrogens is 1.